The Balaban J connectivity index is 3.00. The molecule has 0 fully saturated rings. The molecule has 0 aliphatic rings. The van der Waals surface area contributed by atoms with Gasteiger partial charge in [0.15, 0.2) is 0 Å². The fraction of sp³-hybridized carbons (Fsp3) is 0.536. The molecular weight excluding hydrogens is 580 g/mol. The summed E-state index contributed by atoms with van der Waals surface area (Å²) in [4.78, 5) is 85.4. The van der Waals surface area contributed by atoms with Crippen molar-refractivity contribution in [2.24, 2.45) is 11.8 Å². The molecule has 16 heteroatoms. The number of hydrogen-bond donors (Lipinski definition) is 9. The first-order valence-electron chi connectivity index (χ1n) is 14.0. The van der Waals surface area contributed by atoms with E-state index in [0.717, 1.165) is 0 Å². The maximum atomic E-state index is 13.0. The largest absolute Gasteiger partial charge is 0.481 e. The van der Waals surface area contributed by atoms with Crippen molar-refractivity contribution in [1.82, 2.24) is 21.3 Å². The lowest BCUT2D eigenvalue weighted by Gasteiger charge is -2.26. The predicted molar refractivity (Wildman–Crippen MR) is 158 cm³/mol. The minimum atomic E-state index is -1.51. The van der Waals surface area contributed by atoms with Crippen LogP contribution in [0, 0.1) is 11.8 Å². The summed E-state index contributed by atoms with van der Waals surface area (Å²) in [6.07, 6.45) is -0.428. The Morgan fingerprint density at radius 3 is 1.77 bits per heavy atom. The topological polar surface area (TPSA) is 252 Å². The third kappa shape index (κ3) is 13.1. The number of aliphatic hydroxyl groups excluding tert-OH is 1. The highest BCUT2D eigenvalue weighted by molar-refractivity contribution is 6.03. The number of aliphatic carboxylic acids is 2. The van der Waals surface area contributed by atoms with Gasteiger partial charge in [-0.3, -0.25) is 24.0 Å². The molecular formula is C28H42N6O10. The number of benzene rings is 1. The third-order valence-electron chi connectivity index (χ3n) is 6.15. The number of hydrogen-bond acceptors (Lipinski definition) is 8. The predicted octanol–water partition coefficient (Wildman–Crippen LogP) is 0.233. The summed E-state index contributed by atoms with van der Waals surface area (Å²) < 4.78 is 0. The van der Waals surface area contributed by atoms with Gasteiger partial charge in [0.25, 0.3) is 0 Å². The van der Waals surface area contributed by atoms with Crippen molar-refractivity contribution in [2.75, 3.05) is 17.2 Å². The van der Waals surface area contributed by atoms with Gasteiger partial charge in [0.2, 0.25) is 23.6 Å². The molecule has 0 heterocycles. The van der Waals surface area contributed by atoms with E-state index < -0.39 is 78.3 Å². The SMILES string of the molecule is CC(=O)N[C@@H](CCC(=O)O)C(=O)Nc1ccccc1NC(=O)N[C@@H](CO)C(=O)N[C@@H](CC(C)C)C(=O)N[C@H](C(=O)O)C(C)C. The molecule has 0 aromatic heterocycles. The Morgan fingerprint density at radius 2 is 1.30 bits per heavy atom. The molecule has 1 aromatic carbocycles. The lowest BCUT2D eigenvalue weighted by atomic mass is 10.00. The normalized spacial score (nSPS) is 13.5. The minimum Gasteiger partial charge on any atom is -0.481 e. The van der Waals surface area contributed by atoms with Gasteiger partial charge in [-0.15, -0.1) is 0 Å². The molecule has 6 amide bonds. The molecule has 9 N–H and O–H groups in total. The monoisotopic (exact) mass is 622 g/mol. The van der Waals surface area contributed by atoms with Crippen LogP contribution in [0.1, 0.15) is 53.9 Å². The lowest BCUT2D eigenvalue weighted by molar-refractivity contribution is -0.143. The van der Waals surface area contributed by atoms with E-state index >= 15 is 0 Å². The van der Waals surface area contributed by atoms with Crippen LogP contribution >= 0.6 is 0 Å². The Labute approximate surface area is 254 Å². The highest BCUT2D eigenvalue weighted by Gasteiger charge is 2.31. The number of carboxylic acids is 2. The standard InChI is InChI=1S/C28H42N6O10/c1-14(2)12-20(25(40)34-23(15(3)4)27(42)43)31-26(41)21(13-35)33-28(44)32-18-9-7-6-8-17(18)30-24(39)19(29-16(5)36)10-11-22(37)38/h6-9,14-15,19-21,23,35H,10-13H2,1-5H3,(H,29,36)(H,30,39)(H,31,41)(H,34,40)(H,37,38)(H,42,43)(H2,32,33,44)/t19-,20-,21-,23-/m0/s1. The summed E-state index contributed by atoms with van der Waals surface area (Å²) in [6, 6.07) is -0.0632. The quantitative estimate of drug-likeness (QED) is 0.114. The Bertz CT molecular complexity index is 1210. The lowest BCUT2D eigenvalue weighted by Crippen LogP contribution is -2.57. The first-order valence-corrected chi connectivity index (χ1v) is 14.0. The molecule has 0 aliphatic carbocycles. The first kappa shape index (κ1) is 37.3. The zero-order valence-electron chi connectivity index (χ0n) is 25.3. The van der Waals surface area contributed by atoms with Gasteiger partial charge in [-0.05, 0) is 36.8 Å². The van der Waals surface area contributed by atoms with E-state index in [0.29, 0.717) is 0 Å². The highest BCUT2D eigenvalue weighted by atomic mass is 16.4. The maximum Gasteiger partial charge on any atom is 0.326 e. The summed E-state index contributed by atoms with van der Waals surface area (Å²) in [5, 5.41) is 42.6. The van der Waals surface area contributed by atoms with Gasteiger partial charge in [0.1, 0.15) is 24.2 Å². The number of carbonyl (C=O) groups is 7. The molecule has 0 unspecified atom stereocenters. The van der Waals surface area contributed by atoms with Gasteiger partial charge >= 0.3 is 18.0 Å². The number of aliphatic hydroxyl groups is 1. The molecule has 4 atom stereocenters. The van der Waals surface area contributed by atoms with Crippen molar-refractivity contribution < 1.29 is 48.9 Å². The van der Waals surface area contributed by atoms with E-state index in [9.17, 15) is 43.8 Å². The maximum absolute atomic E-state index is 13.0. The zero-order valence-corrected chi connectivity index (χ0v) is 25.3. The Morgan fingerprint density at radius 1 is 0.727 bits per heavy atom. The van der Waals surface area contributed by atoms with E-state index in [1.807, 2.05) is 0 Å². The number of rotatable bonds is 17. The van der Waals surface area contributed by atoms with Crippen LogP contribution in [-0.2, 0) is 28.8 Å². The third-order valence-corrected chi connectivity index (χ3v) is 6.15. The number of para-hydroxylation sites is 2. The smallest absolute Gasteiger partial charge is 0.326 e. The molecule has 1 aromatic rings. The molecule has 0 bridgehead atoms. The fourth-order valence-electron chi connectivity index (χ4n) is 3.96. The van der Waals surface area contributed by atoms with Gasteiger partial charge < -0.3 is 47.2 Å². The molecule has 16 nitrogen and oxygen atoms in total. The van der Waals surface area contributed by atoms with E-state index in [4.69, 9.17) is 5.11 Å². The summed E-state index contributed by atoms with van der Waals surface area (Å²) in [7, 11) is 0. The van der Waals surface area contributed by atoms with Crippen LogP contribution in [0.3, 0.4) is 0 Å². The molecule has 0 radical (unpaired) electrons. The van der Waals surface area contributed by atoms with E-state index in [1.54, 1.807) is 33.8 Å². The van der Waals surface area contributed by atoms with E-state index in [-0.39, 0.29) is 36.6 Å². The van der Waals surface area contributed by atoms with Gasteiger partial charge in [-0.25, -0.2) is 9.59 Å². The minimum absolute atomic E-state index is 0.0701. The van der Waals surface area contributed by atoms with Gasteiger partial charge in [-0.1, -0.05) is 39.8 Å². The molecule has 1 rings (SSSR count). The second-order valence-corrected chi connectivity index (χ2v) is 10.8. The van der Waals surface area contributed by atoms with Crippen LogP contribution in [0.4, 0.5) is 16.2 Å². The molecule has 0 saturated carbocycles. The van der Waals surface area contributed by atoms with Crippen LogP contribution in [0.25, 0.3) is 0 Å². The summed E-state index contributed by atoms with van der Waals surface area (Å²) in [5.41, 5.74) is 0.163. The van der Waals surface area contributed by atoms with Gasteiger partial charge in [-0.2, -0.15) is 0 Å². The highest BCUT2D eigenvalue weighted by Crippen LogP contribution is 2.21. The van der Waals surface area contributed by atoms with Gasteiger partial charge in [0.05, 0.1) is 18.0 Å². The van der Waals surface area contributed by atoms with Crippen LogP contribution in [0.15, 0.2) is 24.3 Å². The van der Waals surface area contributed by atoms with Crippen molar-refractivity contribution in [2.45, 2.75) is 78.0 Å². The number of carboxylic acid groups (broad SMARTS) is 2. The van der Waals surface area contributed by atoms with Crippen molar-refractivity contribution in [1.29, 1.82) is 0 Å². The van der Waals surface area contributed by atoms with Crippen LogP contribution in [-0.4, -0.2) is 87.7 Å². The molecule has 244 valence electrons. The van der Waals surface area contributed by atoms with Crippen molar-refractivity contribution in [3.05, 3.63) is 24.3 Å². The number of anilines is 2. The fourth-order valence-corrected chi connectivity index (χ4v) is 3.96. The van der Waals surface area contributed by atoms with E-state index in [2.05, 4.69) is 31.9 Å². The average molecular weight is 623 g/mol. The van der Waals surface area contributed by atoms with Crippen molar-refractivity contribution >= 4 is 53.0 Å². The number of nitrogens with one attached hydrogen (secondary N) is 6. The second-order valence-electron chi connectivity index (χ2n) is 10.8. The summed E-state index contributed by atoms with van der Waals surface area (Å²) in [5.74, 6) is -5.85. The van der Waals surface area contributed by atoms with E-state index in [1.165, 1.54) is 25.1 Å². The zero-order chi connectivity index (χ0) is 33.6. The Hall–Kier alpha value is -4.73. The average Bonchev–Trinajstić information content (AvgIpc) is 2.92. The number of carbonyl (C=O) groups excluding carboxylic acids is 5. The molecule has 0 spiro atoms. The molecule has 44 heavy (non-hydrogen) atoms. The first-order chi connectivity index (χ1) is 20.5. The second kappa shape index (κ2) is 18.0. The summed E-state index contributed by atoms with van der Waals surface area (Å²) in [6.45, 7) is 7.14. The van der Waals surface area contributed by atoms with Crippen LogP contribution in [0.5, 0.6) is 0 Å². The molecule has 0 aliphatic heterocycles. The summed E-state index contributed by atoms with van der Waals surface area (Å²) >= 11 is 0. The Kier molecular flexibility index (Phi) is 15.3. The van der Waals surface area contributed by atoms with Gasteiger partial charge in [0, 0.05) is 13.3 Å². The van der Waals surface area contributed by atoms with Crippen LogP contribution in [0.2, 0.25) is 0 Å². The van der Waals surface area contributed by atoms with Crippen molar-refractivity contribution in [3.8, 4) is 0 Å². The number of amides is 6. The van der Waals surface area contributed by atoms with Crippen LogP contribution < -0.4 is 31.9 Å². The van der Waals surface area contributed by atoms with Crippen molar-refractivity contribution in [3.63, 3.8) is 0 Å². The number of urea groups is 1. The molecule has 0 saturated heterocycles.